The van der Waals surface area contributed by atoms with E-state index in [4.69, 9.17) is 3.50 Å². The zero-order chi connectivity index (χ0) is 17.7. The van der Waals surface area contributed by atoms with Crippen LogP contribution in [0.5, 0.6) is 0 Å². The predicted molar refractivity (Wildman–Crippen MR) is 102 cm³/mol. The monoisotopic (exact) mass is 405 g/mol. The average molecular weight is 403 g/mol. The van der Waals surface area contributed by atoms with Gasteiger partial charge in [-0.15, -0.1) is 0 Å². The predicted octanol–water partition coefficient (Wildman–Crippen LogP) is 6.61. The molecular formula is C22H29MoN. The fourth-order valence-corrected chi connectivity index (χ4v) is 4.42. The van der Waals surface area contributed by atoms with Crippen LogP contribution >= 0.6 is 0 Å². The Morgan fingerprint density at radius 2 is 1.58 bits per heavy atom. The van der Waals surface area contributed by atoms with Crippen molar-refractivity contribution in [3.8, 4) is 0 Å². The standard InChI is InChI=1S/C12H17N.C10H12.Mo/c1-8(2)10-5-6-11(9(3)4)12(13)7-10;1-10(2,3)9-7-5-4-6-8-9;/h5-9H,1-4H3;1,4-8H,2-3H3;. The second kappa shape index (κ2) is 8.25. The Hall–Kier alpha value is -1.20. The summed E-state index contributed by atoms with van der Waals surface area (Å²) < 4.78 is 7.50. The molecule has 0 aliphatic rings. The van der Waals surface area contributed by atoms with E-state index in [1.807, 2.05) is 0 Å². The van der Waals surface area contributed by atoms with E-state index < -0.39 is 17.9 Å². The van der Waals surface area contributed by atoms with E-state index in [1.54, 1.807) is 0 Å². The molecule has 0 fully saturated rings. The number of hydrogen-bond acceptors (Lipinski definition) is 1. The molecule has 0 saturated heterocycles. The molecule has 0 aliphatic heterocycles. The molecule has 0 bridgehead atoms. The van der Waals surface area contributed by atoms with Crippen LogP contribution in [-0.4, -0.2) is 4.40 Å². The molecule has 0 atom stereocenters. The third-order valence-corrected chi connectivity index (χ3v) is 6.81. The van der Waals surface area contributed by atoms with Gasteiger partial charge in [-0.2, -0.15) is 0 Å². The van der Waals surface area contributed by atoms with Crippen molar-refractivity contribution in [3.63, 3.8) is 0 Å². The first kappa shape index (κ1) is 19.1. The maximum atomic E-state index is 5.06. The molecule has 128 valence electrons. The molecule has 0 saturated carbocycles. The topological polar surface area (TPSA) is 12.4 Å². The van der Waals surface area contributed by atoms with Gasteiger partial charge in [0, 0.05) is 0 Å². The first-order valence-corrected chi connectivity index (χ1v) is 10.8. The van der Waals surface area contributed by atoms with E-state index in [2.05, 4.69) is 94.5 Å². The van der Waals surface area contributed by atoms with Gasteiger partial charge in [-0.25, -0.2) is 0 Å². The molecule has 0 radical (unpaired) electrons. The van der Waals surface area contributed by atoms with Crippen LogP contribution in [0.2, 0.25) is 0 Å². The van der Waals surface area contributed by atoms with Gasteiger partial charge in [-0.1, -0.05) is 0 Å². The van der Waals surface area contributed by atoms with Gasteiger partial charge in [0.2, 0.25) is 0 Å². The van der Waals surface area contributed by atoms with Crippen molar-refractivity contribution in [1.82, 2.24) is 0 Å². The van der Waals surface area contributed by atoms with Gasteiger partial charge in [-0.05, 0) is 0 Å². The van der Waals surface area contributed by atoms with E-state index in [0.717, 1.165) is 0 Å². The van der Waals surface area contributed by atoms with Gasteiger partial charge in [0.25, 0.3) is 0 Å². The minimum absolute atomic E-state index is 0.0840. The Bertz CT molecular complexity index is 736. The number of nitrogens with zero attached hydrogens (tertiary/aromatic N) is 1. The Morgan fingerprint density at radius 3 is 2.17 bits per heavy atom. The van der Waals surface area contributed by atoms with Crippen molar-refractivity contribution < 1.29 is 17.9 Å². The quantitative estimate of drug-likeness (QED) is 0.498. The second-order valence-electron chi connectivity index (χ2n) is 7.53. The van der Waals surface area contributed by atoms with Crippen LogP contribution in [0.3, 0.4) is 0 Å². The zero-order valence-electron chi connectivity index (χ0n) is 15.7. The first-order chi connectivity index (χ1) is 11.3. The Morgan fingerprint density at radius 1 is 0.917 bits per heavy atom. The second-order valence-corrected chi connectivity index (χ2v) is 9.08. The van der Waals surface area contributed by atoms with Crippen LogP contribution in [0.4, 0.5) is 5.69 Å². The average Bonchev–Trinajstić information content (AvgIpc) is 2.55. The van der Waals surface area contributed by atoms with Crippen molar-refractivity contribution in [2.45, 2.75) is 58.8 Å². The van der Waals surface area contributed by atoms with Crippen molar-refractivity contribution in [1.29, 1.82) is 0 Å². The van der Waals surface area contributed by atoms with E-state index in [0.29, 0.717) is 11.8 Å². The van der Waals surface area contributed by atoms with E-state index >= 15 is 0 Å². The summed E-state index contributed by atoms with van der Waals surface area (Å²) in [5, 5.41) is 0. The van der Waals surface area contributed by atoms with Crippen LogP contribution < -0.4 is 0 Å². The Balaban J connectivity index is 2.38. The number of benzene rings is 2. The summed E-state index contributed by atoms with van der Waals surface area (Å²) >= 11 is -0.541. The summed E-state index contributed by atoms with van der Waals surface area (Å²) in [4.78, 5) is 0. The number of hydrogen-bond donors (Lipinski definition) is 0. The molecule has 0 heterocycles. The fraction of sp³-hybridized carbons (Fsp3) is 0.409. The Kier molecular flexibility index (Phi) is 6.58. The van der Waals surface area contributed by atoms with Crippen LogP contribution in [0.1, 0.15) is 70.1 Å². The minimum atomic E-state index is -0.541. The van der Waals surface area contributed by atoms with Gasteiger partial charge in [-0.3, -0.25) is 0 Å². The van der Waals surface area contributed by atoms with Crippen molar-refractivity contribution in [3.05, 3.63) is 65.2 Å². The molecule has 0 unspecified atom stereocenters. The molecule has 24 heavy (non-hydrogen) atoms. The maximum absolute atomic E-state index is 5.06. The van der Waals surface area contributed by atoms with Crippen molar-refractivity contribution >= 4 is 10.1 Å². The van der Waals surface area contributed by atoms with Crippen LogP contribution in [0, 0.1) is 0 Å². The molecule has 2 aromatic carbocycles. The summed E-state index contributed by atoms with van der Waals surface area (Å²) in [6.07, 6.45) is 0. The SMILES string of the molecule is CC(C)c1ccc(C(C)C)c([N]=[Mo]=[CH]C(C)(C)c2ccccc2)c1. The van der Waals surface area contributed by atoms with E-state index in [9.17, 15) is 0 Å². The summed E-state index contributed by atoms with van der Waals surface area (Å²) in [6.45, 7) is 13.6. The van der Waals surface area contributed by atoms with E-state index in [-0.39, 0.29) is 5.41 Å². The summed E-state index contributed by atoms with van der Waals surface area (Å²) in [5.74, 6) is 1.06. The number of rotatable bonds is 5. The molecule has 0 aromatic heterocycles. The summed E-state index contributed by atoms with van der Waals surface area (Å²) in [5.41, 5.74) is 5.41. The first-order valence-electron chi connectivity index (χ1n) is 8.72. The molecule has 2 aromatic rings. The molecule has 2 rings (SSSR count). The molecule has 0 aliphatic carbocycles. The van der Waals surface area contributed by atoms with Gasteiger partial charge < -0.3 is 0 Å². The molecule has 2 heteroatoms. The molecule has 0 N–H and O–H groups in total. The summed E-state index contributed by atoms with van der Waals surface area (Å²) in [6, 6.07) is 17.6. The van der Waals surface area contributed by atoms with Gasteiger partial charge in [0.05, 0.1) is 0 Å². The van der Waals surface area contributed by atoms with Crippen LogP contribution in [0.25, 0.3) is 0 Å². The van der Waals surface area contributed by atoms with Crippen LogP contribution in [0.15, 0.2) is 52.0 Å². The third kappa shape index (κ3) is 4.90. The fourth-order valence-electron chi connectivity index (χ4n) is 2.64. The molecule has 0 amide bonds. The molecular weight excluding hydrogens is 374 g/mol. The van der Waals surface area contributed by atoms with Crippen molar-refractivity contribution in [2.75, 3.05) is 0 Å². The normalized spacial score (nSPS) is 11.7. The van der Waals surface area contributed by atoms with Gasteiger partial charge in [0.1, 0.15) is 0 Å². The third-order valence-electron chi connectivity index (χ3n) is 4.36. The van der Waals surface area contributed by atoms with Gasteiger partial charge >= 0.3 is 156 Å². The van der Waals surface area contributed by atoms with Crippen LogP contribution in [-0.2, 0) is 23.3 Å². The zero-order valence-corrected chi connectivity index (χ0v) is 17.7. The molecule has 1 nitrogen and oxygen atoms in total. The van der Waals surface area contributed by atoms with E-state index in [1.165, 1.54) is 22.4 Å². The Labute approximate surface area is 155 Å². The summed E-state index contributed by atoms with van der Waals surface area (Å²) in [7, 11) is 0. The van der Waals surface area contributed by atoms with Crippen molar-refractivity contribution in [2.24, 2.45) is 3.50 Å². The molecule has 0 spiro atoms. The van der Waals surface area contributed by atoms with Gasteiger partial charge in [0.15, 0.2) is 0 Å².